The summed E-state index contributed by atoms with van der Waals surface area (Å²) in [6.45, 7) is 0.225. The lowest BCUT2D eigenvalue weighted by Crippen LogP contribution is -2.37. The van der Waals surface area contributed by atoms with Crippen molar-refractivity contribution in [2.45, 2.75) is 6.54 Å². The zero-order valence-corrected chi connectivity index (χ0v) is 18.6. The Labute approximate surface area is 196 Å². The van der Waals surface area contributed by atoms with E-state index in [-0.39, 0.29) is 23.6 Å². The van der Waals surface area contributed by atoms with E-state index in [1.807, 2.05) is 30.3 Å². The third-order valence-electron chi connectivity index (χ3n) is 4.60. The van der Waals surface area contributed by atoms with Gasteiger partial charge in [0.2, 0.25) is 0 Å². The van der Waals surface area contributed by atoms with Gasteiger partial charge in [-0.1, -0.05) is 42.5 Å². The Hall–Kier alpha value is -4.66. The summed E-state index contributed by atoms with van der Waals surface area (Å²) >= 11 is 0. The quantitative estimate of drug-likeness (QED) is 0.175. The molecule has 174 valence electrons. The molecule has 0 saturated carbocycles. The number of methoxy groups -OCH3 is 2. The number of hydrogen-bond acceptors (Lipinski definition) is 7. The summed E-state index contributed by atoms with van der Waals surface area (Å²) in [5.41, 5.74) is 3.84. The first kappa shape index (κ1) is 24.0. The van der Waals surface area contributed by atoms with E-state index >= 15 is 0 Å². The molecule has 0 aliphatic rings. The number of para-hydroxylation sites is 1. The van der Waals surface area contributed by atoms with E-state index in [4.69, 9.17) is 14.2 Å². The fourth-order valence-corrected chi connectivity index (χ4v) is 2.89. The number of carbonyl (C=O) groups excluding carboxylic acids is 3. The van der Waals surface area contributed by atoms with Crippen LogP contribution in [0.4, 0.5) is 0 Å². The van der Waals surface area contributed by atoms with Gasteiger partial charge in [0.15, 0.2) is 11.5 Å². The van der Waals surface area contributed by atoms with E-state index in [2.05, 4.69) is 15.8 Å². The van der Waals surface area contributed by atoms with Gasteiger partial charge < -0.3 is 19.5 Å². The molecular weight excluding hydrogens is 438 g/mol. The second-order valence-electron chi connectivity index (χ2n) is 6.87. The molecule has 0 fully saturated rings. The zero-order valence-electron chi connectivity index (χ0n) is 18.6. The van der Waals surface area contributed by atoms with Gasteiger partial charge in [-0.05, 0) is 41.5 Å². The topological polar surface area (TPSA) is 115 Å². The van der Waals surface area contributed by atoms with Gasteiger partial charge in [0.05, 0.1) is 20.4 Å². The molecule has 0 aromatic heterocycles. The SMILES string of the molecule is COc1cc(/C=N/NC(=O)C(=O)NCc2ccccc2)ccc1OC(=O)c1ccccc1OC. The number of carbonyl (C=O) groups is 3. The third-order valence-corrected chi connectivity index (χ3v) is 4.60. The Kier molecular flexibility index (Phi) is 8.34. The van der Waals surface area contributed by atoms with E-state index in [0.29, 0.717) is 11.3 Å². The Morgan fingerprint density at radius 2 is 1.53 bits per heavy atom. The maximum atomic E-state index is 12.5. The van der Waals surface area contributed by atoms with Gasteiger partial charge in [0.25, 0.3) is 0 Å². The summed E-state index contributed by atoms with van der Waals surface area (Å²) in [4.78, 5) is 36.3. The number of nitrogens with zero attached hydrogens (tertiary/aromatic N) is 1. The Bertz CT molecular complexity index is 1190. The van der Waals surface area contributed by atoms with E-state index in [1.165, 1.54) is 26.5 Å². The van der Waals surface area contributed by atoms with Crippen molar-refractivity contribution in [3.8, 4) is 17.2 Å². The highest BCUT2D eigenvalue weighted by Gasteiger charge is 2.17. The lowest BCUT2D eigenvalue weighted by Gasteiger charge is -2.11. The Morgan fingerprint density at radius 1 is 0.824 bits per heavy atom. The standard InChI is InChI=1S/C25H23N3O6/c1-32-20-11-7-6-10-19(20)25(31)34-21-13-12-18(14-22(21)33-2)16-27-28-24(30)23(29)26-15-17-8-4-3-5-9-17/h3-14,16H,15H2,1-2H3,(H,26,29)(H,28,30)/b27-16+. The van der Waals surface area contributed by atoms with Crippen LogP contribution in [0, 0.1) is 0 Å². The molecule has 3 aromatic carbocycles. The van der Waals surface area contributed by atoms with Gasteiger partial charge >= 0.3 is 17.8 Å². The van der Waals surface area contributed by atoms with Gasteiger partial charge in [-0.25, -0.2) is 10.2 Å². The molecular formula is C25H23N3O6. The first-order valence-electron chi connectivity index (χ1n) is 10.2. The molecule has 2 amide bonds. The summed E-state index contributed by atoms with van der Waals surface area (Å²) in [6.07, 6.45) is 1.33. The van der Waals surface area contributed by atoms with Crippen LogP contribution in [0.15, 0.2) is 77.9 Å². The number of hydrazone groups is 1. The molecule has 0 saturated heterocycles. The minimum absolute atomic E-state index is 0.194. The van der Waals surface area contributed by atoms with Crippen molar-refractivity contribution in [1.29, 1.82) is 0 Å². The van der Waals surface area contributed by atoms with E-state index < -0.39 is 17.8 Å². The number of benzene rings is 3. The minimum atomic E-state index is -0.901. The van der Waals surface area contributed by atoms with Crippen LogP contribution in [-0.2, 0) is 16.1 Å². The normalized spacial score (nSPS) is 10.4. The van der Waals surface area contributed by atoms with Crippen LogP contribution in [0.2, 0.25) is 0 Å². The Balaban J connectivity index is 1.58. The summed E-state index contributed by atoms with van der Waals surface area (Å²) in [6, 6.07) is 20.6. The second-order valence-corrected chi connectivity index (χ2v) is 6.87. The number of hydrogen-bond donors (Lipinski definition) is 2. The predicted molar refractivity (Wildman–Crippen MR) is 125 cm³/mol. The number of amides is 2. The molecule has 0 radical (unpaired) electrons. The van der Waals surface area contributed by atoms with Crippen LogP contribution in [0.3, 0.4) is 0 Å². The molecule has 0 unspecified atom stereocenters. The van der Waals surface area contributed by atoms with Crippen LogP contribution >= 0.6 is 0 Å². The lowest BCUT2D eigenvalue weighted by atomic mass is 10.2. The summed E-state index contributed by atoms with van der Waals surface area (Å²) in [7, 11) is 2.89. The molecule has 34 heavy (non-hydrogen) atoms. The van der Waals surface area contributed by atoms with Gasteiger partial charge in [0, 0.05) is 6.54 Å². The van der Waals surface area contributed by atoms with Crippen molar-refractivity contribution < 1.29 is 28.6 Å². The molecule has 0 heterocycles. The molecule has 3 rings (SSSR count). The summed E-state index contributed by atoms with van der Waals surface area (Å²) in [5.74, 6) is -1.46. The molecule has 0 aliphatic carbocycles. The molecule has 9 heteroatoms. The van der Waals surface area contributed by atoms with Crippen LogP contribution < -0.4 is 25.0 Å². The van der Waals surface area contributed by atoms with Crippen molar-refractivity contribution in [3.63, 3.8) is 0 Å². The largest absolute Gasteiger partial charge is 0.496 e. The van der Waals surface area contributed by atoms with E-state index in [9.17, 15) is 14.4 Å². The van der Waals surface area contributed by atoms with Crippen molar-refractivity contribution in [2.75, 3.05) is 14.2 Å². The first-order chi connectivity index (χ1) is 16.5. The molecule has 9 nitrogen and oxygen atoms in total. The maximum Gasteiger partial charge on any atom is 0.347 e. The highest BCUT2D eigenvalue weighted by Crippen LogP contribution is 2.29. The van der Waals surface area contributed by atoms with Crippen molar-refractivity contribution in [1.82, 2.24) is 10.7 Å². The van der Waals surface area contributed by atoms with Gasteiger partial charge in [-0.2, -0.15) is 5.10 Å². The average Bonchev–Trinajstić information content (AvgIpc) is 2.88. The maximum absolute atomic E-state index is 12.5. The second kappa shape index (κ2) is 11.8. The lowest BCUT2D eigenvalue weighted by molar-refractivity contribution is -0.139. The highest BCUT2D eigenvalue weighted by atomic mass is 16.6. The van der Waals surface area contributed by atoms with Crippen molar-refractivity contribution in [3.05, 3.63) is 89.5 Å². The summed E-state index contributed by atoms with van der Waals surface area (Å²) < 4.78 is 15.9. The van der Waals surface area contributed by atoms with Gasteiger partial charge in [-0.3, -0.25) is 9.59 Å². The summed E-state index contributed by atoms with van der Waals surface area (Å²) in [5, 5.41) is 6.30. The fraction of sp³-hybridized carbons (Fsp3) is 0.120. The number of esters is 1. The van der Waals surface area contributed by atoms with E-state index in [0.717, 1.165) is 5.56 Å². The van der Waals surface area contributed by atoms with Crippen molar-refractivity contribution >= 4 is 24.0 Å². The zero-order chi connectivity index (χ0) is 24.3. The number of nitrogens with one attached hydrogen (secondary N) is 2. The molecule has 3 aromatic rings. The Morgan fingerprint density at radius 3 is 2.26 bits per heavy atom. The molecule has 0 spiro atoms. The molecule has 2 N–H and O–H groups in total. The monoisotopic (exact) mass is 461 g/mol. The van der Waals surface area contributed by atoms with Crippen molar-refractivity contribution in [2.24, 2.45) is 5.10 Å². The molecule has 0 aliphatic heterocycles. The third kappa shape index (κ3) is 6.42. The first-order valence-corrected chi connectivity index (χ1v) is 10.2. The van der Waals surface area contributed by atoms with Crippen LogP contribution in [0.5, 0.6) is 17.2 Å². The minimum Gasteiger partial charge on any atom is -0.496 e. The molecule has 0 atom stereocenters. The number of rotatable bonds is 8. The smallest absolute Gasteiger partial charge is 0.347 e. The van der Waals surface area contributed by atoms with Crippen LogP contribution in [-0.4, -0.2) is 38.2 Å². The fourth-order valence-electron chi connectivity index (χ4n) is 2.89. The molecule has 0 bridgehead atoms. The van der Waals surface area contributed by atoms with Crippen LogP contribution in [0.1, 0.15) is 21.5 Å². The number of ether oxygens (including phenoxy) is 3. The predicted octanol–water partition coefficient (Wildman–Crippen LogP) is 2.69. The highest BCUT2D eigenvalue weighted by molar-refractivity contribution is 6.35. The van der Waals surface area contributed by atoms with Crippen LogP contribution in [0.25, 0.3) is 0 Å². The average molecular weight is 461 g/mol. The van der Waals surface area contributed by atoms with Gasteiger partial charge in [-0.15, -0.1) is 0 Å². The van der Waals surface area contributed by atoms with Gasteiger partial charge in [0.1, 0.15) is 11.3 Å². The van der Waals surface area contributed by atoms with E-state index in [1.54, 1.807) is 36.4 Å².